The van der Waals surface area contributed by atoms with Crippen LogP contribution in [0.4, 0.5) is 0 Å². The van der Waals surface area contributed by atoms with E-state index < -0.39 is 0 Å². The van der Waals surface area contributed by atoms with E-state index in [2.05, 4.69) is 33.6 Å². The third kappa shape index (κ3) is 3.97. The lowest BCUT2D eigenvalue weighted by atomic mass is 10.1. The van der Waals surface area contributed by atoms with Crippen molar-refractivity contribution in [3.63, 3.8) is 0 Å². The van der Waals surface area contributed by atoms with E-state index in [1.165, 1.54) is 16.5 Å². The second-order valence-electron chi connectivity index (χ2n) is 5.68. The summed E-state index contributed by atoms with van der Waals surface area (Å²) in [5, 5.41) is 13.6. The van der Waals surface area contributed by atoms with Crippen LogP contribution in [-0.2, 0) is 13.0 Å². The number of unbranched alkanes of at least 4 members (excludes halogenated alkanes) is 1. The molecule has 0 saturated heterocycles. The monoisotopic (exact) mass is 304 g/mol. The summed E-state index contributed by atoms with van der Waals surface area (Å²) in [6, 6.07) is 12.1. The molecule has 0 aliphatic carbocycles. The summed E-state index contributed by atoms with van der Waals surface area (Å²) in [5.41, 5.74) is 4.34. The predicted octanol–water partition coefficient (Wildman–Crippen LogP) is 3.55. The number of aromatic nitrogens is 2. The van der Waals surface area contributed by atoms with E-state index in [1.54, 1.807) is 6.20 Å². The van der Waals surface area contributed by atoms with Gasteiger partial charge < -0.3 is 10.3 Å². The number of hydrogen-bond donors (Lipinski definition) is 2. The fourth-order valence-corrected chi connectivity index (χ4v) is 2.76. The highest BCUT2D eigenvalue weighted by Gasteiger charge is 2.04. The smallest absolute Gasteiger partial charge is 0.0991 e. The van der Waals surface area contributed by atoms with Gasteiger partial charge >= 0.3 is 0 Å². The van der Waals surface area contributed by atoms with Crippen LogP contribution in [0.3, 0.4) is 0 Å². The molecule has 2 aromatic heterocycles. The maximum absolute atomic E-state index is 9.02. The zero-order valence-corrected chi connectivity index (χ0v) is 13.0. The van der Waals surface area contributed by atoms with Gasteiger partial charge in [0.25, 0.3) is 0 Å². The van der Waals surface area contributed by atoms with Crippen LogP contribution in [0.1, 0.15) is 29.5 Å². The van der Waals surface area contributed by atoms with Crippen LogP contribution in [-0.4, -0.2) is 16.5 Å². The van der Waals surface area contributed by atoms with E-state index in [-0.39, 0.29) is 0 Å². The summed E-state index contributed by atoms with van der Waals surface area (Å²) in [6.45, 7) is 1.87. The maximum atomic E-state index is 9.02. The van der Waals surface area contributed by atoms with Gasteiger partial charge in [0.2, 0.25) is 0 Å². The van der Waals surface area contributed by atoms with Gasteiger partial charge in [-0.2, -0.15) is 5.26 Å². The minimum absolute atomic E-state index is 0.719. The highest BCUT2D eigenvalue weighted by molar-refractivity contribution is 5.84. The van der Waals surface area contributed by atoms with Crippen LogP contribution in [0.15, 0.2) is 48.9 Å². The van der Waals surface area contributed by atoms with Crippen molar-refractivity contribution in [2.24, 2.45) is 0 Å². The van der Waals surface area contributed by atoms with E-state index in [4.69, 9.17) is 5.26 Å². The molecule has 3 rings (SSSR count). The van der Waals surface area contributed by atoms with Gasteiger partial charge in [-0.3, -0.25) is 4.98 Å². The summed E-state index contributed by atoms with van der Waals surface area (Å²) in [6.07, 6.45) is 9.04. The van der Waals surface area contributed by atoms with Crippen LogP contribution in [0.2, 0.25) is 0 Å². The van der Waals surface area contributed by atoms with E-state index in [0.29, 0.717) is 0 Å². The first-order valence-electron chi connectivity index (χ1n) is 7.96. The Morgan fingerprint density at radius 1 is 1.22 bits per heavy atom. The molecule has 116 valence electrons. The topological polar surface area (TPSA) is 64.5 Å². The Morgan fingerprint density at radius 3 is 3.00 bits per heavy atom. The molecule has 2 N–H and O–H groups in total. The Balaban J connectivity index is 1.45. The average molecular weight is 304 g/mol. The minimum Gasteiger partial charge on any atom is -0.361 e. The number of aryl methyl sites for hydroxylation is 1. The SMILES string of the molecule is N#Cc1ccc2[nH]cc(CCCCNCc3cccnc3)c2c1. The third-order valence-electron chi connectivity index (χ3n) is 4.00. The molecule has 2 heterocycles. The van der Waals surface area contributed by atoms with Gasteiger partial charge in [0.05, 0.1) is 11.6 Å². The van der Waals surface area contributed by atoms with E-state index in [1.807, 2.05) is 30.5 Å². The fourth-order valence-electron chi connectivity index (χ4n) is 2.76. The number of H-pyrrole nitrogens is 1. The van der Waals surface area contributed by atoms with Crippen LogP contribution in [0, 0.1) is 11.3 Å². The van der Waals surface area contributed by atoms with Crippen molar-refractivity contribution in [3.05, 3.63) is 65.6 Å². The quantitative estimate of drug-likeness (QED) is 0.656. The van der Waals surface area contributed by atoms with Crippen LogP contribution >= 0.6 is 0 Å². The Bertz CT molecular complexity index is 799. The van der Waals surface area contributed by atoms with Crippen LogP contribution < -0.4 is 5.32 Å². The summed E-state index contributed by atoms with van der Waals surface area (Å²) >= 11 is 0. The standard InChI is InChI=1S/C19H20N4/c20-11-15-6-7-19-18(10-15)17(14-23-19)5-1-2-8-21-12-16-4-3-9-22-13-16/h3-4,6-7,9-10,13-14,21,23H,1-2,5,8,12H2. The zero-order chi connectivity index (χ0) is 15.9. The first-order valence-corrected chi connectivity index (χ1v) is 7.96. The number of nitrogens with zero attached hydrogens (tertiary/aromatic N) is 2. The molecule has 0 spiro atoms. The highest BCUT2D eigenvalue weighted by Crippen LogP contribution is 2.21. The second-order valence-corrected chi connectivity index (χ2v) is 5.68. The Kier molecular flexibility index (Phi) is 5.02. The molecule has 23 heavy (non-hydrogen) atoms. The van der Waals surface area contributed by atoms with Crippen LogP contribution in [0.5, 0.6) is 0 Å². The molecule has 0 aliphatic heterocycles. The van der Waals surface area contributed by atoms with E-state index >= 15 is 0 Å². The number of rotatable bonds is 7. The van der Waals surface area contributed by atoms with Crippen molar-refractivity contribution in [2.45, 2.75) is 25.8 Å². The van der Waals surface area contributed by atoms with Crippen molar-refractivity contribution in [2.75, 3.05) is 6.54 Å². The summed E-state index contributed by atoms with van der Waals surface area (Å²) in [4.78, 5) is 7.39. The molecule has 4 nitrogen and oxygen atoms in total. The zero-order valence-electron chi connectivity index (χ0n) is 13.0. The van der Waals surface area contributed by atoms with Crippen molar-refractivity contribution >= 4 is 10.9 Å². The molecule has 0 amide bonds. The molecule has 0 saturated carbocycles. The van der Waals surface area contributed by atoms with Crippen molar-refractivity contribution < 1.29 is 0 Å². The van der Waals surface area contributed by atoms with Gasteiger partial charge in [-0.1, -0.05) is 6.07 Å². The normalized spacial score (nSPS) is 10.7. The lowest BCUT2D eigenvalue weighted by Gasteiger charge is -2.04. The third-order valence-corrected chi connectivity index (χ3v) is 4.00. The summed E-state index contributed by atoms with van der Waals surface area (Å²) in [5.74, 6) is 0. The molecule has 0 unspecified atom stereocenters. The van der Waals surface area contributed by atoms with Crippen molar-refractivity contribution in [1.82, 2.24) is 15.3 Å². The fraction of sp³-hybridized carbons (Fsp3) is 0.263. The van der Waals surface area contributed by atoms with Gasteiger partial charge in [0.1, 0.15) is 0 Å². The average Bonchev–Trinajstić information content (AvgIpc) is 3.01. The molecule has 0 fully saturated rings. The lowest BCUT2D eigenvalue weighted by Crippen LogP contribution is -2.14. The molecule has 4 heteroatoms. The first kappa shape index (κ1) is 15.3. The van der Waals surface area contributed by atoms with Gasteiger partial charge in [-0.15, -0.1) is 0 Å². The number of nitriles is 1. The first-order chi connectivity index (χ1) is 11.4. The Morgan fingerprint density at radius 2 is 2.17 bits per heavy atom. The number of benzene rings is 1. The summed E-state index contributed by atoms with van der Waals surface area (Å²) in [7, 11) is 0. The molecule has 0 bridgehead atoms. The number of aromatic amines is 1. The van der Waals surface area contributed by atoms with E-state index in [0.717, 1.165) is 43.4 Å². The number of pyridine rings is 1. The molecule has 1 aromatic carbocycles. The number of fused-ring (bicyclic) bond motifs is 1. The molecular formula is C19H20N4. The Labute approximate surface area is 136 Å². The molecule has 3 aromatic rings. The van der Waals surface area contributed by atoms with E-state index in [9.17, 15) is 0 Å². The highest BCUT2D eigenvalue weighted by atomic mass is 14.8. The van der Waals surface area contributed by atoms with Crippen molar-refractivity contribution in [1.29, 1.82) is 5.26 Å². The van der Waals surface area contributed by atoms with Gasteiger partial charge in [0, 0.05) is 36.0 Å². The molecular weight excluding hydrogens is 284 g/mol. The maximum Gasteiger partial charge on any atom is 0.0991 e. The van der Waals surface area contributed by atoms with Gasteiger partial charge in [-0.05, 0) is 61.2 Å². The molecule has 0 radical (unpaired) electrons. The number of nitrogens with one attached hydrogen (secondary N) is 2. The van der Waals surface area contributed by atoms with Gasteiger partial charge in [-0.25, -0.2) is 0 Å². The largest absolute Gasteiger partial charge is 0.361 e. The van der Waals surface area contributed by atoms with Gasteiger partial charge in [0.15, 0.2) is 0 Å². The molecule has 0 atom stereocenters. The number of hydrogen-bond acceptors (Lipinski definition) is 3. The Hall–Kier alpha value is -2.64. The summed E-state index contributed by atoms with van der Waals surface area (Å²) < 4.78 is 0. The lowest BCUT2D eigenvalue weighted by molar-refractivity contribution is 0.623. The van der Waals surface area contributed by atoms with Crippen molar-refractivity contribution in [3.8, 4) is 6.07 Å². The van der Waals surface area contributed by atoms with Crippen LogP contribution in [0.25, 0.3) is 10.9 Å². The minimum atomic E-state index is 0.719. The predicted molar refractivity (Wildman–Crippen MR) is 91.9 cm³/mol. The second kappa shape index (κ2) is 7.57. The molecule has 0 aliphatic rings.